The van der Waals surface area contributed by atoms with Crippen LogP contribution in [0.1, 0.15) is 18.6 Å². The predicted molar refractivity (Wildman–Crippen MR) is 47.9 cm³/mol. The third-order valence-electron chi connectivity index (χ3n) is 1.69. The van der Waals surface area contributed by atoms with Crippen LogP contribution in [0.2, 0.25) is 0 Å². The molecule has 0 fully saturated rings. The number of thiophene rings is 1. The molecule has 0 aromatic carbocycles. The Balaban J connectivity index is 2.71. The van der Waals surface area contributed by atoms with Crippen molar-refractivity contribution in [3.8, 4) is 0 Å². The first kappa shape index (κ1) is 9.38. The smallest absolute Gasteiger partial charge is 0.149 e. The van der Waals surface area contributed by atoms with E-state index in [-0.39, 0.29) is 5.78 Å². The normalized spacial score (nSPS) is 15.6. The minimum Gasteiger partial charge on any atom is -0.386 e. The molecule has 1 heterocycles. The molecule has 0 aliphatic carbocycles. The van der Waals surface area contributed by atoms with Gasteiger partial charge in [-0.2, -0.15) is 11.3 Å². The SMILES string of the molecule is CC(=O)C(N)C(O)c1ccsc1. The summed E-state index contributed by atoms with van der Waals surface area (Å²) in [6, 6.07) is 0.956. The molecule has 1 aromatic heterocycles. The average molecular weight is 185 g/mol. The van der Waals surface area contributed by atoms with E-state index >= 15 is 0 Å². The topological polar surface area (TPSA) is 63.3 Å². The zero-order valence-electron chi connectivity index (χ0n) is 6.73. The van der Waals surface area contributed by atoms with Gasteiger partial charge in [0.1, 0.15) is 11.9 Å². The van der Waals surface area contributed by atoms with Gasteiger partial charge >= 0.3 is 0 Å². The van der Waals surface area contributed by atoms with Crippen LogP contribution in [0.15, 0.2) is 16.8 Å². The number of ketones is 1. The maximum atomic E-state index is 10.8. The molecule has 0 aliphatic heterocycles. The van der Waals surface area contributed by atoms with E-state index in [0.29, 0.717) is 5.56 Å². The van der Waals surface area contributed by atoms with Crippen LogP contribution in [-0.4, -0.2) is 16.9 Å². The molecule has 4 heteroatoms. The van der Waals surface area contributed by atoms with Gasteiger partial charge in [0.05, 0.1) is 6.04 Å². The molecule has 1 rings (SSSR count). The predicted octanol–water partition coefficient (Wildman–Crippen LogP) is 0.698. The monoisotopic (exact) mass is 185 g/mol. The van der Waals surface area contributed by atoms with Crippen LogP contribution < -0.4 is 5.73 Å². The number of aliphatic hydroxyl groups excluding tert-OH is 1. The largest absolute Gasteiger partial charge is 0.386 e. The fraction of sp³-hybridized carbons (Fsp3) is 0.375. The molecule has 66 valence electrons. The minimum atomic E-state index is -0.867. The third kappa shape index (κ3) is 1.91. The molecule has 0 spiro atoms. The Hall–Kier alpha value is -0.710. The van der Waals surface area contributed by atoms with Crippen LogP contribution in [-0.2, 0) is 4.79 Å². The molecule has 0 aliphatic rings. The van der Waals surface area contributed by atoms with E-state index in [1.165, 1.54) is 18.3 Å². The van der Waals surface area contributed by atoms with Gasteiger partial charge in [-0.05, 0) is 29.3 Å². The number of Topliss-reactive ketones (excluding diaryl/α,β-unsaturated/α-hetero) is 1. The molecular weight excluding hydrogens is 174 g/mol. The molecule has 0 saturated carbocycles. The van der Waals surface area contributed by atoms with Crippen molar-refractivity contribution in [2.24, 2.45) is 5.73 Å². The Morgan fingerprint density at radius 2 is 2.42 bits per heavy atom. The van der Waals surface area contributed by atoms with Crippen molar-refractivity contribution in [3.05, 3.63) is 22.4 Å². The fourth-order valence-electron chi connectivity index (χ4n) is 0.873. The maximum absolute atomic E-state index is 10.8. The van der Waals surface area contributed by atoms with Gasteiger partial charge in [-0.3, -0.25) is 4.79 Å². The second kappa shape index (κ2) is 3.80. The highest BCUT2D eigenvalue weighted by molar-refractivity contribution is 7.07. The Kier molecular flexibility index (Phi) is 2.97. The highest BCUT2D eigenvalue weighted by Gasteiger charge is 2.20. The minimum absolute atomic E-state index is 0.200. The van der Waals surface area contributed by atoms with Crippen LogP contribution in [0.4, 0.5) is 0 Å². The summed E-state index contributed by atoms with van der Waals surface area (Å²) in [5.41, 5.74) is 6.17. The van der Waals surface area contributed by atoms with Gasteiger partial charge in [-0.1, -0.05) is 0 Å². The van der Waals surface area contributed by atoms with Crippen molar-refractivity contribution >= 4 is 17.1 Å². The summed E-state index contributed by atoms with van der Waals surface area (Å²) in [6.07, 6.45) is -0.867. The van der Waals surface area contributed by atoms with Gasteiger partial charge in [0.15, 0.2) is 0 Å². The van der Waals surface area contributed by atoms with E-state index in [4.69, 9.17) is 5.73 Å². The molecule has 2 unspecified atom stereocenters. The first-order valence-corrected chi connectivity index (χ1v) is 4.53. The first-order valence-electron chi connectivity index (χ1n) is 3.59. The van der Waals surface area contributed by atoms with Crippen molar-refractivity contribution in [1.29, 1.82) is 0 Å². The van der Waals surface area contributed by atoms with Crippen molar-refractivity contribution in [2.45, 2.75) is 19.1 Å². The van der Waals surface area contributed by atoms with E-state index in [9.17, 15) is 9.90 Å². The number of nitrogens with two attached hydrogens (primary N) is 1. The van der Waals surface area contributed by atoms with Gasteiger partial charge < -0.3 is 10.8 Å². The summed E-state index contributed by atoms with van der Waals surface area (Å²) in [5, 5.41) is 13.1. The maximum Gasteiger partial charge on any atom is 0.149 e. The van der Waals surface area contributed by atoms with Gasteiger partial charge in [0.25, 0.3) is 0 Å². The number of hydrogen-bond acceptors (Lipinski definition) is 4. The summed E-state index contributed by atoms with van der Waals surface area (Å²) in [7, 11) is 0. The Morgan fingerprint density at radius 1 is 1.75 bits per heavy atom. The van der Waals surface area contributed by atoms with Crippen LogP contribution in [0.3, 0.4) is 0 Å². The van der Waals surface area contributed by atoms with E-state index in [2.05, 4.69) is 0 Å². The number of carbonyl (C=O) groups is 1. The number of aliphatic hydroxyl groups is 1. The average Bonchev–Trinajstić information content (AvgIpc) is 2.53. The molecule has 12 heavy (non-hydrogen) atoms. The molecular formula is C8H11NO2S. The second-order valence-electron chi connectivity index (χ2n) is 2.64. The molecule has 2 atom stereocenters. The molecule has 3 nitrogen and oxygen atoms in total. The van der Waals surface area contributed by atoms with Crippen molar-refractivity contribution < 1.29 is 9.90 Å². The highest BCUT2D eigenvalue weighted by Crippen LogP contribution is 2.18. The molecule has 0 saturated heterocycles. The van der Waals surface area contributed by atoms with E-state index in [1.807, 2.05) is 5.38 Å². The number of carbonyl (C=O) groups excluding carboxylic acids is 1. The zero-order valence-corrected chi connectivity index (χ0v) is 7.54. The summed E-state index contributed by atoms with van der Waals surface area (Å²) >= 11 is 1.47. The van der Waals surface area contributed by atoms with E-state index in [1.54, 1.807) is 11.4 Å². The van der Waals surface area contributed by atoms with Crippen LogP contribution >= 0.6 is 11.3 Å². The van der Waals surface area contributed by atoms with Crippen molar-refractivity contribution in [3.63, 3.8) is 0 Å². The molecule has 3 N–H and O–H groups in total. The lowest BCUT2D eigenvalue weighted by atomic mass is 10.0. The van der Waals surface area contributed by atoms with Crippen molar-refractivity contribution in [2.75, 3.05) is 0 Å². The van der Waals surface area contributed by atoms with E-state index in [0.717, 1.165) is 0 Å². The van der Waals surface area contributed by atoms with Crippen molar-refractivity contribution in [1.82, 2.24) is 0 Å². The lowest BCUT2D eigenvalue weighted by Crippen LogP contribution is -2.34. The lowest BCUT2D eigenvalue weighted by Gasteiger charge is -2.14. The fourth-order valence-corrected chi connectivity index (χ4v) is 1.56. The lowest BCUT2D eigenvalue weighted by molar-refractivity contribution is -0.120. The quantitative estimate of drug-likeness (QED) is 0.728. The molecule has 0 radical (unpaired) electrons. The van der Waals surface area contributed by atoms with E-state index < -0.39 is 12.1 Å². The third-order valence-corrected chi connectivity index (χ3v) is 2.40. The van der Waals surface area contributed by atoms with Crippen LogP contribution in [0, 0.1) is 0 Å². The van der Waals surface area contributed by atoms with Gasteiger partial charge in [-0.25, -0.2) is 0 Å². The molecule has 0 bridgehead atoms. The number of hydrogen-bond donors (Lipinski definition) is 2. The Bertz CT molecular complexity index is 258. The molecule has 1 aromatic rings. The van der Waals surface area contributed by atoms with Crippen LogP contribution in [0.25, 0.3) is 0 Å². The zero-order chi connectivity index (χ0) is 9.14. The first-order chi connectivity index (χ1) is 5.63. The highest BCUT2D eigenvalue weighted by atomic mass is 32.1. The Morgan fingerprint density at radius 3 is 2.83 bits per heavy atom. The second-order valence-corrected chi connectivity index (χ2v) is 3.42. The summed E-state index contributed by atoms with van der Waals surface area (Å²) in [6.45, 7) is 1.38. The summed E-state index contributed by atoms with van der Waals surface area (Å²) in [5.74, 6) is -0.200. The molecule has 0 amide bonds. The standard InChI is InChI=1S/C8H11NO2S/c1-5(10)7(9)8(11)6-2-3-12-4-6/h2-4,7-8,11H,9H2,1H3. The van der Waals surface area contributed by atoms with Gasteiger partial charge in [-0.15, -0.1) is 0 Å². The summed E-state index contributed by atoms with van der Waals surface area (Å²) in [4.78, 5) is 10.8. The van der Waals surface area contributed by atoms with Gasteiger partial charge in [0, 0.05) is 0 Å². The number of rotatable bonds is 3. The Labute approximate surface area is 74.8 Å². The van der Waals surface area contributed by atoms with Gasteiger partial charge in [0.2, 0.25) is 0 Å². The summed E-state index contributed by atoms with van der Waals surface area (Å²) < 4.78 is 0. The van der Waals surface area contributed by atoms with Crippen LogP contribution in [0.5, 0.6) is 0 Å².